The van der Waals surface area contributed by atoms with Gasteiger partial charge in [0, 0.05) is 12.6 Å². The Kier molecular flexibility index (Phi) is 4.35. The Morgan fingerprint density at radius 3 is 2.57 bits per heavy atom. The van der Waals surface area contributed by atoms with Crippen LogP contribution in [0.1, 0.15) is 39.5 Å². The third-order valence-electron chi connectivity index (χ3n) is 2.80. The van der Waals surface area contributed by atoms with Gasteiger partial charge in [-0.05, 0) is 33.2 Å². The predicted octanol–water partition coefficient (Wildman–Crippen LogP) is 0.994. The molecule has 0 aromatic heterocycles. The Hall–Kier alpha value is -0.120. The van der Waals surface area contributed by atoms with E-state index in [4.69, 9.17) is 0 Å². The van der Waals surface area contributed by atoms with Gasteiger partial charge in [-0.2, -0.15) is 0 Å². The fourth-order valence-corrected chi connectivity index (χ4v) is 2.15. The highest BCUT2D eigenvalue weighted by molar-refractivity contribution is 4.80. The van der Waals surface area contributed by atoms with Crippen molar-refractivity contribution in [3.8, 4) is 0 Å². The lowest BCUT2D eigenvalue weighted by Crippen LogP contribution is -2.45. The Morgan fingerprint density at radius 1 is 1.29 bits per heavy atom. The zero-order valence-corrected chi connectivity index (χ0v) is 9.37. The Labute approximate surface area is 86.7 Å². The second-order valence-corrected chi connectivity index (χ2v) is 4.97. The van der Waals surface area contributed by atoms with Crippen LogP contribution in [0.2, 0.25) is 0 Å². The summed E-state index contributed by atoms with van der Waals surface area (Å²) in [5, 5.41) is 19.0. The second-order valence-electron chi connectivity index (χ2n) is 4.97. The van der Waals surface area contributed by atoms with Crippen molar-refractivity contribution in [2.24, 2.45) is 0 Å². The molecule has 0 aliphatic carbocycles. The predicted molar refractivity (Wildman–Crippen MR) is 57.2 cm³/mol. The maximum absolute atomic E-state index is 9.75. The van der Waals surface area contributed by atoms with Crippen LogP contribution in [0.5, 0.6) is 0 Å². The van der Waals surface area contributed by atoms with Gasteiger partial charge in [0.05, 0.1) is 12.2 Å². The Bertz CT molecular complexity index is 165. The Balaban J connectivity index is 2.52. The van der Waals surface area contributed by atoms with Gasteiger partial charge in [-0.1, -0.05) is 12.8 Å². The first kappa shape index (κ1) is 12.0. The zero-order valence-electron chi connectivity index (χ0n) is 9.37. The minimum Gasteiger partial charge on any atom is -0.395 e. The molecule has 14 heavy (non-hydrogen) atoms. The van der Waals surface area contributed by atoms with E-state index >= 15 is 0 Å². The van der Waals surface area contributed by atoms with E-state index in [9.17, 15) is 10.2 Å². The van der Waals surface area contributed by atoms with Crippen molar-refractivity contribution >= 4 is 0 Å². The molecule has 1 heterocycles. The molecule has 1 unspecified atom stereocenters. The average Bonchev–Trinajstić information content (AvgIpc) is 2.27. The van der Waals surface area contributed by atoms with Gasteiger partial charge in [0.15, 0.2) is 0 Å². The van der Waals surface area contributed by atoms with E-state index in [-0.39, 0.29) is 12.6 Å². The lowest BCUT2D eigenvalue weighted by atomic mass is 10.1. The zero-order chi connectivity index (χ0) is 10.6. The summed E-state index contributed by atoms with van der Waals surface area (Å²) in [6.45, 7) is 5.54. The van der Waals surface area contributed by atoms with E-state index in [1.165, 1.54) is 19.3 Å². The molecule has 1 saturated heterocycles. The first-order valence-electron chi connectivity index (χ1n) is 5.60. The van der Waals surface area contributed by atoms with Crippen LogP contribution >= 0.6 is 0 Å². The van der Waals surface area contributed by atoms with Crippen molar-refractivity contribution in [1.29, 1.82) is 0 Å². The maximum atomic E-state index is 9.75. The minimum atomic E-state index is -0.655. The highest BCUT2D eigenvalue weighted by Gasteiger charge is 2.25. The van der Waals surface area contributed by atoms with Crippen molar-refractivity contribution in [3.63, 3.8) is 0 Å². The largest absolute Gasteiger partial charge is 0.395 e. The number of aliphatic hydroxyl groups excluding tert-OH is 1. The highest BCUT2D eigenvalue weighted by Crippen LogP contribution is 2.18. The monoisotopic (exact) mass is 201 g/mol. The summed E-state index contributed by atoms with van der Waals surface area (Å²) in [5.74, 6) is 0. The second kappa shape index (κ2) is 5.10. The lowest BCUT2D eigenvalue weighted by molar-refractivity contribution is 0.0107. The number of β-amino-alcohol motifs (C(OH)–C–C–N with tert-alkyl or cyclic N) is 1. The highest BCUT2D eigenvalue weighted by atomic mass is 16.3. The summed E-state index contributed by atoms with van der Waals surface area (Å²) in [6, 6.07) is 0.254. The third-order valence-corrected chi connectivity index (χ3v) is 2.80. The van der Waals surface area contributed by atoms with Crippen LogP contribution in [-0.2, 0) is 0 Å². The van der Waals surface area contributed by atoms with Crippen LogP contribution < -0.4 is 0 Å². The average molecular weight is 201 g/mol. The van der Waals surface area contributed by atoms with Gasteiger partial charge in [-0.3, -0.25) is 4.90 Å². The summed E-state index contributed by atoms with van der Waals surface area (Å²) in [4.78, 5) is 2.23. The molecule has 1 atom stereocenters. The number of hydrogen-bond acceptors (Lipinski definition) is 3. The fraction of sp³-hybridized carbons (Fsp3) is 1.00. The van der Waals surface area contributed by atoms with Crippen molar-refractivity contribution in [3.05, 3.63) is 0 Å². The van der Waals surface area contributed by atoms with E-state index in [1.54, 1.807) is 0 Å². The number of rotatable bonds is 3. The molecule has 0 bridgehead atoms. The molecule has 1 fully saturated rings. The maximum Gasteiger partial charge on any atom is 0.0718 e. The van der Waals surface area contributed by atoms with Gasteiger partial charge in [0.2, 0.25) is 0 Å². The molecule has 0 spiro atoms. The van der Waals surface area contributed by atoms with Crippen molar-refractivity contribution in [2.45, 2.75) is 51.2 Å². The van der Waals surface area contributed by atoms with Crippen molar-refractivity contribution in [1.82, 2.24) is 4.90 Å². The number of aliphatic hydroxyl groups is 2. The van der Waals surface area contributed by atoms with Gasteiger partial charge in [0.25, 0.3) is 0 Å². The summed E-state index contributed by atoms with van der Waals surface area (Å²) in [5.41, 5.74) is -0.655. The smallest absolute Gasteiger partial charge is 0.0718 e. The molecule has 1 aliphatic heterocycles. The lowest BCUT2D eigenvalue weighted by Gasteiger charge is -2.33. The van der Waals surface area contributed by atoms with E-state index in [0.717, 1.165) is 13.0 Å². The molecule has 1 aliphatic rings. The number of likely N-dealkylation sites (tertiary alicyclic amines) is 1. The van der Waals surface area contributed by atoms with Crippen LogP contribution in [0.4, 0.5) is 0 Å². The third kappa shape index (κ3) is 3.95. The molecule has 3 heteroatoms. The molecule has 0 radical (unpaired) electrons. The van der Waals surface area contributed by atoms with E-state index in [2.05, 4.69) is 4.90 Å². The van der Waals surface area contributed by atoms with Crippen LogP contribution in [0.3, 0.4) is 0 Å². The molecule has 2 N–H and O–H groups in total. The molecular formula is C11H23NO2. The number of nitrogens with zero attached hydrogens (tertiary/aromatic N) is 1. The van der Waals surface area contributed by atoms with E-state index in [1.807, 2.05) is 13.8 Å². The first-order valence-corrected chi connectivity index (χ1v) is 5.60. The van der Waals surface area contributed by atoms with Crippen molar-refractivity contribution < 1.29 is 10.2 Å². The fourth-order valence-electron chi connectivity index (χ4n) is 2.15. The van der Waals surface area contributed by atoms with E-state index < -0.39 is 5.60 Å². The van der Waals surface area contributed by atoms with Crippen LogP contribution in [0.25, 0.3) is 0 Å². The summed E-state index contributed by atoms with van der Waals surface area (Å²) < 4.78 is 0. The standard InChI is InChI=1S/C11H23NO2/c1-11(2,14)9-12-7-5-3-4-6-10(12)8-13/h10,13-14H,3-9H2,1-2H3. The molecule has 0 aromatic rings. The first-order chi connectivity index (χ1) is 6.53. The van der Waals surface area contributed by atoms with E-state index in [0.29, 0.717) is 6.54 Å². The summed E-state index contributed by atoms with van der Waals surface area (Å²) in [7, 11) is 0. The van der Waals surface area contributed by atoms with Gasteiger partial charge >= 0.3 is 0 Å². The quantitative estimate of drug-likeness (QED) is 0.716. The molecule has 1 rings (SSSR count). The molecule has 0 amide bonds. The number of hydrogen-bond donors (Lipinski definition) is 2. The Morgan fingerprint density at radius 2 is 2.00 bits per heavy atom. The minimum absolute atomic E-state index is 0.218. The summed E-state index contributed by atoms with van der Waals surface area (Å²) in [6.07, 6.45) is 4.70. The van der Waals surface area contributed by atoms with Gasteiger partial charge < -0.3 is 10.2 Å². The van der Waals surface area contributed by atoms with Crippen LogP contribution in [-0.4, -0.2) is 46.5 Å². The van der Waals surface area contributed by atoms with Gasteiger partial charge in [0.1, 0.15) is 0 Å². The molecular weight excluding hydrogens is 178 g/mol. The van der Waals surface area contributed by atoms with Gasteiger partial charge in [-0.15, -0.1) is 0 Å². The molecule has 0 aromatic carbocycles. The van der Waals surface area contributed by atoms with Crippen LogP contribution in [0, 0.1) is 0 Å². The topological polar surface area (TPSA) is 43.7 Å². The SMILES string of the molecule is CC(C)(O)CN1CCCCCC1CO. The summed E-state index contributed by atoms with van der Waals surface area (Å²) >= 11 is 0. The molecule has 0 saturated carbocycles. The molecule has 3 nitrogen and oxygen atoms in total. The van der Waals surface area contributed by atoms with Gasteiger partial charge in [-0.25, -0.2) is 0 Å². The normalized spacial score (nSPS) is 26.1. The van der Waals surface area contributed by atoms with Crippen LogP contribution in [0.15, 0.2) is 0 Å². The molecule has 84 valence electrons. The van der Waals surface area contributed by atoms with Crippen molar-refractivity contribution in [2.75, 3.05) is 19.7 Å².